The van der Waals surface area contributed by atoms with Crippen molar-refractivity contribution in [2.24, 2.45) is 4.99 Å². The fourth-order valence-corrected chi connectivity index (χ4v) is 2.82. The van der Waals surface area contributed by atoms with Crippen molar-refractivity contribution in [2.45, 2.75) is 0 Å². The molecular weight excluding hydrogens is 402 g/mol. The molecule has 7 heteroatoms. The predicted octanol–water partition coefficient (Wildman–Crippen LogP) is 3.82. The van der Waals surface area contributed by atoms with Gasteiger partial charge in [0.25, 0.3) is 0 Å². The number of cyclic esters (lactones) is 1. The Morgan fingerprint density at radius 2 is 1.77 bits per heavy atom. The van der Waals surface area contributed by atoms with E-state index in [-0.39, 0.29) is 11.6 Å². The first kappa shape index (κ1) is 18.0. The van der Waals surface area contributed by atoms with Crippen LogP contribution in [0.2, 0.25) is 0 Å². The van der Waals surface area contributed by atoms with E-state index in [1.807, 2.05) is 6.07 Å². The average molecular weight is 418 g/mol. The topological polar surface area (TPSA) is 66.3 Å². The summed E-state index contributed by atoms with van der Waals surface area (Å²) in [7, 11) is 4.66. The Morgan fingerprint density at radius 1 is 1.00 bits per heavy atom. The van der Waals surface area contributed by atoms with Crippen LogP contribution in [0.15, 0.2) is 51.6 Å². The number of hydrogen-bond donors (Lipinski definition) is 0. The third kappa shape index (κ3) is 3.57. The van der Waals surface area contributed by atoms with Crippen LogP contribution in [0.4, 0.5) is 0 Å². The highest BCUT2D eigenvalue weighted by Gasteiger charge is 2.27. The summed E-state index contributed by atoms with van der Waals surface area (Å²) in [6, 6.07) is 10.7. The van der Waals surface area contributed by atoms with Crippen LogP contribution in [-0.4, -0.2) is 33.2 Å². The Hall–Kier alpha value is -2.80. The number of hydrogen-bond acceptors (Lipinski definition) is 6. The van der Waals surface area contributed by atoms with Crippen molar-refractivity contribution in [3.63, 3.8) is 0 Å². The number of carbonyl (C=O) groups is 1. The first-order chi connectivity index (χ1) is 12.5. The highest BCUT2D eigenvalue weighted by atomic mass is 79.9. The Bertz CT molecular complexity index is 920. The van der Waals surface area contributed by atoms with Gasteiger partial charge in [0.05, 0.1) is 26.9 Å². The van der Waals surface area contributed by atoms with E-state index in [0.717, 1.165) is 4.47 Å². The molecule has 0 spiro atoms. The van der Waals surface area contributed by atoms with Crippen molar-refractivity contribution < 1.29 is 23.7 Å². The summed E-state index contributed by atoms with van der Waals surface area (Å²) in [5, 5.41) is 0. The van der Waals surface area contributed by atoms with Crippen molar-refractivity contribution in [1.29, 1.82) is 0 Å². The normalized spacial score (nSPS) is 14.8. The Kier molecular flexibility index (Phi) is 5.27. The van der Waals surface area contributed by atoms with Gasteiger partial charge in [-0.05, 0) is 36.4 Å². The van der Waals surface area contributed by atoms with Crippen molar-refractivity contribution in [2.75, 3.05) is 21.3 Å². The van der Waals surface area contributed by atoms with E-state index in [1.54, 1.807) is 57.7 Å². The fourth-order valence-electron chi connectivity index (χ4n) is 2.46. The number of esters is 1. The highest BCUT2D eigenvalue weighted by Crippen LogP contribution is 2.30. The first-order valence-electron chi connectivity index (χ1n) is 7.64. The Balaban J connectivity index is 2.01. The van der Waals surface area contributed by atoms with Gasteiger partial charge in [0.2, 0.25) is 5.90 Å². The van der Waals surface area contributed by atoms with Gasteiger partial charge in [0.15, 0.2) is 5.70 Å². The van der Waals surface area contributed by atoms with Crippen LogP contribution in [0.25, 0.3) is 6.08 Å². The van der Waals surface area contributed by atoms with E-state index >= 15 is 0 Å². The monoisotopic (exact) mass is 417 g/mol. The van der Waals surface area contributed by atoms with Gasteiger partial charge in [0.1, 0.15) is 17.2 Å². The zero-order valence-electron chi connectivity index (χ0n) is 14.4. The summed E-state index contributed by atoms with van der Waals surface area (Å²) in [6.07, 6.45) is 1.61. The maximum atomic E-state index is 12.2. The van der Waals surface area contributed by atoms with Gasteiger partial charge in [-0.15, -0.1) is 0 Å². The molecule has 0 atom stereocenters. The lowest BCUT2D eigenvalue weighted by molar-refractivity contribution is -0.129. The lowest BCUT2D eigenvalue weighted by Crippen LogP contribution is -2.07. The summed E-state index contributed by atoms with van der Waals surface area (Å²) >= 11 is 3.40. The van der Waals surface area contributed by atoms with E-state index in [1.165, 1.54) is 0 Å². The van der Waals surface area contributed by atoms with Crippen LogP contribution in [0, 0.1) is 0 Å². The number of halogens is 1. The van der Waals surface area contributed by atoms with Crippen LogP contribution >= 0.6 is 15.9 Å². The summed E-state index contributed by atoms with van der Waals surface area (Å²) < 4.78 is 22.0. The molecule has 1 aliphatic heterocycles. The number of aliphatic imine (C=N–C) groups is 1. The summed E-state index contributed by atoms with van der Waals surface area (Å²) in [5.74, 6) is 1.42. The quantitative estimate of drug-likeness (QED) is 0.546. The second-order valence-electron chi connectivity index (χ2n) is 5.29. The van der Waals surface area contributed by atoms with Gasteiger partial charge in [-0.3, -0.25) is 0 Å². The number of nitrogens with zero attached hydrogens (tertiary/aromatic N) is 1. The van der Waals surface area contributed by atoms with Crippen LogP contribution in [-0.2, 0) is 9.53 Å². The number of ether oxygens (including phenoxy) is 4. The van der Waals surface area contributed by atoms with Gasteiger partial charge < -0.3 is 18.9 Å². The standard InChI is InChI=1S/C19H16BrNO5/c1-23-13-6-4-11(17(10-13)25-3)8-15-19(22)26-18(21-15)14-9-12(20)5-7-16(14)24-2/h4-10H,1-3H3. The molecule has 0 aromatic heterocycles. The second kappa shape index (κ2) is 7.61. The van der Waals surface area contributed by atoms with Crippen molar-refractivity contribution in [3.05, 3.63) is 57.7 Å². The second-order valence-corrected chi connectivity index (χ2v) is 6.20. The molecular formula is C19H16BrNO5. The van der Waals surface area contributed by atoms with Gasteiger partial charge in [-0.2, -0.15) is 0 Å². The molecule has 0 aliphatic carbocycles. The molecule has 0 amide bonds. The molecule has 26 heavy (non-hydrogen) atoms. The lowest BCUT2D eigenvalue weighted by atomic mass is 10.1. The van der Waals surface area contributed by atoms with Gasteiger partial charge in [-0.1, -0.05) is 15.9 Å². The van der Waals surface area contributed by atoms with Crippen LogP contribution in [0.3, 0.4) is 0 Å². The van der Waals surface area contributed by atoms with Gasteiger partial charge in [-0.25, -0.2) is 9.79 Å². The lowest BCUT2D eigenvalue weighted by Gasteiger charge is -2.07. The molecule has 0 N–H and O–H groups in total. The maximum absolute atomic E-state index is 12.2. The Labute approximate surface area is 159 Å². The summed E-state index contributed by atoms with van der Waals surface area (Å²) in [4.78, 5) is 16.6. The number of benzene rings is 2. The maximum Gasteiger partial charge on any atom is 0.363 e. The van der Waals surface area contributed by atoms with E-state index in [0.29, 0.717) is 28.4 Å². The molecule has 2 aromatic rings. The average Bonchev–Trinajstić information content (AvgIpc) is 3.02. The van der Waals surface area contributed by atoms with E-state index in [2.05, 4.69) is 20.9 Å². The molecule has 0 bridgehead atoms. The predicted molar refractivity (Wildman–Crippen MR) is 101 cm³/mol. The van der Waals surface area contributed by atoms with Crippen molar-refractivity contribution in [3.8, 4) is 17.2 Å². The molecule has 0 saturated carbocycles. The molecule has 1 aliphatic rings. The largest absolute Gasteiger partial charge is 0.497 e. The molecule has 0 fully saturated rings. The minimum Gasteiger partial charge on any atom is -0.497 e. The molecule has 0 radical (unpaired) electrons. The first-order valence-corrected chi connectivity index (χ1v) is 8.43. The fraction of sp³-hybridized carbons (Fsp3) is 0.158. The molecule has 2 aromatic carbocycles. The summed E-state index contributed by atoms with van der Waals surface area (Å²) in [5.41, 5.74) is 1.44. The third-order valence-corrected chi connectivity index (χ3v) is 4.24. The molecule has 134 valence electrons. The van der Waals surface area contributed by atoms with Crippen LogP contribution < -0.4 is 14.2 Å². The zero-order chi connectivity index (χ0) is 18.7. The number of methoxy groups -OCH3 is 3. The minimum atomic E-state index is -0.542. The van der Waals surface area contributed by atoms with E-state index < -0.39 is 5.97 Å². The van der Waals surface area contributed by atoms with Crippen molar-refractivity contribution >= 4 is 33.9 Å². The van der Waals surface area contributed by atoms with Gasteiger partial charge in [0, 0.05) is 16.1 Å². The zero-order valence-corrected chi connectivity index (χ0v) is 16.0. The SMILES string of the molecule is COc1ccc(C=C2N=C(c3cc(Br)ccc3OC)OC2=O)c(OC)c1. The van der Waals surface area contributed by atoms with E-state index in [9.17, 15) is 4.79 Å². The number of carbonyl (C=O) groups excluding carboxylic acids is 1. The van der Waals surface area contributed by atoms with Crippen LogP contribution in [0.5, 0.6) is 17.2 Å². The molecule has 0 unspecified atom stereocenters. The molecule has 1 heterocycles. The Morgan fingerprint density at radius 3 is 2.46 bits per heavy atom. The molecule has 0 saturated heterocycles. The highest BCUT2D eigenvalue weighted by molar-refractivity contribution is 9.10. The molecule has 3 rings (SSSR count). The van der Waals surface area contributed by atoms with Crippen molar-refractivity contribution in [1.82, 2.24) is 0 Å². The minimum absolute atomic E-state index is 0.172. The number of rotatable bonds is 5. The third-order valence-electron chi connectivity index (χ3n) is 3.75. The van der Waals surface area contributed by atoms with Gasteiger partial charge >= 0.3 is 5.97 Å². The smallest absolute Gasteiger partial charge is 0.363 e. The van der Waals surface area contributed by atoms with Crippen LogP contribution in [0.1, 0.15) is 11.1 Å². The molecule has 6 nitrogen and oxygen atoms in total. The van der Waals surface area contributed by atoms with E-state index in [4.69, 9.17) is 18.9 Å². The summed E-state index contributed by atoms with van der Waals surface area (Å²) in [6.45, 7) is 0.